The minimum Gasteiger partial charge on any atom is -0.370 e. The third-order valence-electron chi connectivity index (χ3n) is 3.63. The van der Waals surface area contributed by atoms with Crippen molar-refractivity contribution in [3.05, 3.63) is 30.3 Å². The molecule has 6 nitrogen and oxygen atoms in total. The van der Waals surface area contributed by atoms with E-state index in [-0.39, 0.29) is 24.0 Å². The summed E-state index contributed by atoms with van der Waals surface area (Å²) in [5.74, 6) is 0.569. The Kier molecular flexibility index (Phi) is 8.25. The maximum absolute atomic E-state index is 11.9. The van der Waals surface area contributed by atoms with Crippen LogP contribution in [0.25, 0.3) is 0 Å². The lowest BCUT2D eigenvalue weighted by molar-refractivity contribution is -0.121. The number of benzene rings is 1. The molecule has 140 valence electrons. The van der Waals surface area contributed by atoms with E-state index in [0.717, 1.165) is 13.1 Å². The lowest BCUT2D eigenvalue weighted by Crippen LogP contribution is -2.46. The maximum Gasteiger partial charge on any atom is 0.242 e. The monoisotopic (exact) mass is 347 g/mol. The molecule has 0 saturated heterocycles. The van der Waals surface area contributed by atoms with E-state index in [1.807, 2.05) is 45.9 Å². The number of hydrogen-bond acceptors (Lipinski definition) is 3. The number of amides is 1. The second-order valence-electron chi connectivity index (χ2n) is 7.17. The standard InChI is InChI=1S/C19H33N5O/c1-7-20-18(22-14-17(25)23-19(3,4)5)21-13-15(2)24(6)16-11-9-8-10-12-16/h8-12,15H,7,13-14H2,1-6H3,(H,23,25)(H2,20,21,22). The zero-order valence-corrected chi connectivity index (χ0v) is 16.4. The van der Waals surface area contributed by atoms with E-state index in [1.54, 1.807) is 0 Å². The van der Waals surface area contributed by atoms with E-state index in [2.05, 4.69) is 51.9 Å². The topological polar surface area (TPSA) is 68.8 Å². The molecule has 25 heavy (non-hydrogen) atoms. The van der Waals surface area contributed by atoms with Gasteiger partial charge in [-0.05, 0) is 46.8 Å². The molecule has 0 bridgehead atoms. The number of carbonyl (C=O) groups excluding carboxylic acids is 1. The van der Waals surface area contributed by atoms with E-state index in [1.165, 1.54) is 5.69 Å². The number of nitrogens with zero attached hydrogens (tertiary/aromatic N) is 2. The summed E-state index contributed by atoms with van der Waals surface area (Å²) in [6.07, 6.45) is 0. The number of aliphatic imine (C=N–C) groups is 1. The zero-order chi connectivity index (χ0) is 18.9. The second kappa shape index (κ2) is 9.91. The smallest absolute Gasteiger partial charge is 0.242 e. The molecule has 0 fully saturated rings. The number of nitrogens with one attached hydrogen (secondary N) is 3. The van der Waals surface area contributed by atoms with Gasteiger partial charge >= 0.3 is 0 Å². The summed E-state index contributed by atoms with van der Waals surface area (Å²) in [5.41, 5.74) is 0.925. The first-order chi connectivity index (χ1) is 11.7. The summed E-state index contributed by atoms with van der Waals surface area (Å²) in [6.45, 7) is 11.6. The van der Waals surface area contributed by atoms with E-state index in [0.29, 0.717) is 5.96 Å². The first kappa shape index (κ1) is 20.8. The van der Waals surface area contributed by atoms with Crippen molar-refractivity contribution < 1.29 is 4.79 Å². The Bertz CT molecular complexity index is 551. The lowest BCUT2D eigenvalue weighted by Gasteiger charge is -2.28. The molecular weight excluding hydrogens is 314 g/mol. The molecule has 1 aromatic rings. The number of likely N-dealkylation sites (N-methyl/N-ethyl adjacent to an activating group) is 1. The first-order valence-electron chi connectivity index (χ1n) is 8.84. The molecule has 0 aromatic heterocycles. The Labute approximate surface area is 152 Å². The van der Waals surface area contributed by atoms with Crippen molar-refractivity contribution in [2.24, 2.45) is 4.99 Å². The van der Waals surface area contributed by atoms with Gasteiger partial charge in [0.1, 0.15) is 6.54 Å². The number of para-hydroxylation sites is 1. The number of hydrogen-bond donors (Lipinski definition) is 3. The highest BCUT2D eigenvalue weighted by Gasteiger charge is 2.14. The van der Waals surface area contributed by atoms with E-state index in [9.17, 15) is 4.79 Å². The minimum absolute atomic E-state index is 0.0841. The quantitative estimate of drug-likeness (QED) is 0.521. The van der Waals surface area contributed by atoms with Gasteiger partial charge in [-0.15, -0.1) is 0 Å². The van der Waals surface area contributed by atoms with Gasteiger partial charge in [0, 0.05) is 37.4 Å². The summed E-state index contributed by atoms with van der Waals surface area (Å²) in [7, 11) is 2.07. The van der Waals surface area contributed by atoms with Crippen LogP contribution in [0, 0.1) is 0 Å². The van der Waals surface area contributed by atoms with Gasteiger partial charge in [0.15, 0.2) is 5.96 Å². The van der Waals surface area contributed by atoms with Gasteiger partial charge in [0.05, 0.1) is 0 Å². The third kappa shape index (κ3) is 8.42. The predicted octanol–water partition coefficient (Wildman–Crippen LogP) is 1.98. The fourth-order valence-electron chi connectivity index (χ4n) is 2.25. The largest absolute Gasteiger partial charge is 0.370 e. The summed E-state index contributed by atoms with van der Waals surface area (Å²) >= 11 is 0. The molecule has 1 unspecified atom stereocenters. The highest BCUT2D eigenvalue weighted by molar-refractivity contribution is 5.85. The Balaban J connectivity index is 2.56. The average molecular weight is 348 g/mol. The van der Waals surface area contributed by atoms with Crippen molar-refractivity contribution in [2.45, 2.75) is 46.2 Å². The Morgan fingerprint density at radius 1 is 1.20 bits per heavy atom. The molecular formula is C19H33N5O. The van der Waals surface area contributed by atoms with E-state index < -0.39 is 0 Å². The first-order valence-corrected chi connectivity index (χ1v) is 8.84. The van der Waals surface area contributed by atoms with Gasteiger partial charge in [-0.3, -0.25) is 4.79 Å². The van der Waals surface area contributed by atoms with Crippen LogP contribution in [0.1, 0.15) is 34.6 Å². The van der Waals surface area contributed by atoms with Crippen LogP contribution in [0.5, 0.6) is 0 Å². The Morgan fingerprint density at radius 2 is 1.84 bits per heavy atom. The maximum atomic E-state index is 11.9. The number of anilines is 1. The van der Waals surface area contributed by atoms with Crippen molar-refractivity contribution >= 4 is 17.6 Å². The van der Waals surface area contributed by atoms with Gasteiger partial charge in [0.2, 0.25) is 5.91 Å². The molecule has 1 atom stereocenters. The summed E-state index contributed by atoms with van der Waals surface area (Å²) in [5, 5.41) is 9.39. The molecule has 0 aliphatic heterocycles. The van der Waals surface area contributed by atoms with Gasteiger partial charge in [0.25, 0.3) is 0 Å². The van der Waals surface area contributed by atoms with Crippen LogP contribution in [0.2, 0.25) is 0 Å². The predicted molar refractivity (Wildman–Crippen MR) is 106 cm³/mol. The molecule has 1 amide bonds. The molecule has 0 aliphatic rings. The number of guanidine groups is 1. The van der Waals surface area contributed by atoms with Gasteiger partial charge in [-0.1, -0.05) is 18.2 Å². The molecule has 0 saturated carbocycles. The second-order valence-corrected chi connectivity index (χ2v) is 7.17. The van der Waals surface area contributed by atoms with Crippen molar-refractivity contribution in [3.63, 3.8) is 0 Å². The summed E-state index contributed by atoms with van der Waals surface area (Å²) < 4.78 is 0. The highest BCUT2D eigenvalue weighted by Crippen LogP contribution is 2.13. The molecule has 1 rings (SSSR count). The molecule has 1 aromatic carbocycles. The molecule has 0 spiro atoms. The lowest BCUT2D eigenvalue weighted by atomic mass is 10.1. The fraction of sp³-hybridized carbons (Fsp3) is 0.579. The van der Waals surface area contributed by atoms with Gasteiger partial charge in [-0.25, -0.2) is 4.99 Å². The van der Waals surface area contributed by atoms with Crippen LogP contribution in [0.3, 0.4) is 0 Å². The van der Waals surface area contributed by atoms with Crippen molar-refractivity contribution in [1.29, 1.82) is 0 Å². The summed E-state index contributed by atoms with van der Waals surface area (Å²) in [6, 6.07) is 10.5. The SMILES string of the molecule is CCNC(=NCC(=O)NC(C)(C)C)NCC(C)N(C)c1ccccc1. The van der Waals surface area contributed by atoms with Crippen LogP contribution in [0.15, 0.2) is 35.3 Å². The molecule has 0 radical (unpaired) electrons. The van der Waals surface area contributed by atoms with Gasteiger partial charge < -0.3 is 20.9 Å². The third-order valence-corrected chi connectivity index (χ3v) is 3.63. The normalized spacial score (nSPS) is 13.1. The summed E-state index contributed by atoms with van der Waals surface area (Å²) in [4.78, 5) is 18.5. The minimum atomic E-state index is -0.245. The van der Waals surface area contributed by atoms with Gasteiger partial charge in [-0.2, -0.15) is 0 Å². The van der Waals surface area contributed by atoms with Crippen molar-refractivity contribution in [3.8, 4) is 0 Å². The van der Waals surface area contributed by atoms with Crippen LogP contribution < -0.4 is 20.9 Å². The number of rotatable bonds is 7. The van der Waals surface area contributed by atoms with Crippen molar-refractivity contribution in [2.75, 3.05) is 31.6 Å². The van der Waals surface area contributed by atoms with Crippen LogP contribution in [0.4, 0.5) is 5.69 Å². The molecule has 6 heteroatoms. The number of carbonyl (C=O) groups is 1. The van der Waals surface area contributed by atoms with Crippen LogP contribution in [-0.2, 0) is 4.79 Å². The highest BCUT2D eigenvalue weighted by atomic mass is 16.2. The molecule has 3 N–H and O–H groups in total. The van der Waals surface area contributed by atoms with E-state index >= 15 is 0 Å². The van der Waals surface area contributed by atoms with Crippen LogP contribution >= 0.6 is 0 Å². The fourth-order valence-corrected chi connectivity index (χ4v) is 2.25. The molecule has 0 aliphatic carbocycles. The average Bonchev–Trinajstić information content (AvgIpc) is 2.55. The van der Waals surface area contributed by atoms with Crippen molar-refractivity contribution in [1.82, 2.24) is 16.0 Å². The molecule has 0 heterocycles. The Hall–Kier alpha value is -2.24. The Morgan fingerprint density at radius 3 is 2.40 bits per heavy atom. The zero-order valence-electron chi connectivity index (χ0n) is 16.4. The van der Waals surface area contributed by atoms with Crippen LogP contribution in [-0.4, -0.2) is 50.1 Å². The van der Waals surface area contributed by atoms with E-state index in [4.69, 9.17) is 0 Å².